The number of carbonyl (C=O) groups excluding carboxylic acids is 1. The van der Waals surface area contributed by atoms with E-state index >= 15 is 0 Å². The summed E-state index contributed by atoms with van der Waals surface area (Å²) in [6.07, 6.45) is 0. The van der Waals surface area contributed by atoms with Crippen LogP contribution in [0, 0.1) is 0 Å². The number of hydrogen-bond donors (Lipinski definition) is 1. The molecule has 1 rings (SSSR count). The quantitative estimate of drug-likeness (QED) is 0.264. The van der Waals surface area contributed by atoms with Crippen LogP contribution in [0.2, 0.25) is 0 Å². The van der Waals surface area contributed by atoms with Gasteiger partial charge in [0.2, 0.25) is 18.3 Å². The summed E-state index contributed by atoms with van der Waals surface area (Å²) in [7, 11) is 1.41. The van der Waals surface area contributed by atoms with E-state index in [1.54, 1.807) is 0 Å². The zero-order valence-corrected chi connectivity index (χ0v) is 9.21. The molecule has 0 unspecified atom stereocenters. The molecule has 2 N–H and O–H groups in total. The van der Waals surface area contributed by atoms with Crippen molar-refractivity contribution in [3.05, 3.63) is 5.82 Å². The third-order valence-electron chi connectivity index (χ3n) is 1.17. The van der Waals surface area contributed by atoms with Crippen LogP contribution >= 0.6 is 23.1 Å². The Labute approximate surface area is 94.0 Å². The van der Waals surface area contributed by atoms with Gasteiger partial charge in [-0.2, -0.15) is 9.36 Å². The molecule has 0 aliphatic heterocycles. The maximum absolute atomic E-state index is 10.9. The van der Waals surface area contributed by atoms with Gasteiger partial charge in [0.05, 0.1) is 0 Å². The van der Waals surface area contributed by atoms with Crippen molar-refractivity contribution in [1.82, 2.24) is 9.36 Å². The SMILES string of the molecule is COCO/N=C(\C(=O)Cl)c1nsc(N)n1. The average Bonchev–Trinajstić information content (AvgIpc) is 2.59. The maximum Gasteiger partial charge on any atom is 0.278 e. The van der Waals surface area contributed by atoms with E-state index in [4.69, 9.17) is 17.3 Å². The van der Waals surface area contributed by atoms with E-state index in [1.165, 1.54) is 7.11 Å². The number of oxime groups is 1. The molecule has 7 nitrogen and oxygen atoms in total. The van der Waals surface area contributed by atoms with E-state index in [9.17, 15) is 4.79 Å². The number of nitrogens with two attached hydrogens (primary N) is 1. The standard InChI is InChI=1S/C6H7ClN4O3S/c1-13-2-14-10-3(4(7)12)5-9-6(8)15-11-5/h2H2,1H3,(H2,8,9,11)/b10-3+. The molecule has 1 aromatic heterocycles. The number of aromatic nitrogens is 2. The van der Waals surface area contributed by atoms with Gasteiger partial charge in [-0.3, -0.25) is 4.79 Å². The summed E-state index contributed by atoms with van der Waals surface area (Å²) in [5, 5.41) is 2.81. The second kappa shape index (κ2) is 5.59. The number of carbonyl (C=O) groups is 1. The third-order valence-corrected chi connectivity index (χ3v) is 1.89. The van der Waals surface area contributed by atoms with Gasteiger partial charge >= 0.3 is 0 Å². The molecule has 1 heterocycles. The summed E-state index contributed by atoms with van der Waals surface area (Å²) < 4.78 is 8.33. The van der Waals surface area contributed by atoms with Crippen molar-refractivity contribution in [3.8, 4) is 0 Å². The van der Waals surface area contributed by atoms with Crippen LogP contribution in [0.25, 0.3) is 0 Å². The Bertz CT molecular complexity index is 380. The Morgan fingerprint density at radius 2 is 2.47 bits per heavy atom. The average molecular weight is 251 g/mol. The Morgan fingerprint density at radius 1 is 1.73 bits per heavy atom. The van der Waals surface area contributed by atoms with Crippen LogP contribution in [-0.2, 0) is 14.4 Å². The zero-order chi connectivity index (χ0) is 11.3. The molecule has 82 valence electrons. The number of rotatable bonds is 5. The lowest BCUT2D eigenvalue weighted by molar-refractivity contribution is -0.106. The number of anilines is 1. The van der Waals surface area contributed by atoms with Gasteiger partial charge in [0, 0.05) is 18.6 Å². The van der Waals surface area contributed by atoms with Crippen LogP contribution in [0.4, 0.5) is 5.13 Å². The summed E-state index contributed by atoms with van der Waals surface area (Å²) in [6.45, 7) is -0.104. The number of nitrogen functional groups attached to an aromatic ring is 1. The van der Waals surface area contributed by atoms with Crippen LogP contribution in [-0.4, -0.2) is 34.2 Å². The number of methoxy groups -OCH3 is 1. The molecule has 9 heteroatoms. The van der Waals surface area contributed by atoms with Gasteiger partial charge in [0.25, 0.3) is 5.24 Å². The van der Waals surface area contributed by atoms with Gasteiger partial charge in [0.15, 0.2) is 5.13 Å². The Balaban J connectivity index is 2.83. The van der Waals surface area contributed by atoms with Gasteiger partial charge in [-0.15, -0.1) is 0 Å². The minimum atomic E-state index is -0.830. The fourth-order valence-corrected chi connectivity index (χ4v) is 1.19. The lowest BCUT2D eigenvalue weighted by atomic mass is 10.4. The van der Waals surface area contributed by atoms with Crippen molar-refractivity contribution in [2.45, 2.75) is 0 Å². The number of hydrogen-bond acceptors (Lipinski definition) is 8. The molecule has 0 bridgehead atoms. The van der Waals surface area contributed by atoms with Crippen LogP contribution in [0.15, 0.2) is 5.16 Å². The summed E-state index contributed by atoms with van der Waals surface area (Å²) >= 11 is 6.19. The number of ether oxygens (including phenoxy) is 1. The Kier molecular flexibility index (Phi) is 4.40. The highest BCUT2D eigenvalue weighted by Gasteiger charge is 2.17. The van der Waals surface area contributed by atoms with Crippen LogP contribution in [0.5, 0.6) is 0 Å². The molecule has 0 aliphatic rings. The van der Waals surface area contributed by atoms with E-state index < -0.39 is 5.24 Å². The van der Waals surface area contributed by atoms with Crippen molar-refractivity contribution in [1.29, 1.82) is 0 Å². The lowest BCUT2D eigenvalue weighted by Crippen LogP contribution is -2.12. The van der Waals surface area contributed by atoms with Crippen molar-refractivity contribution >= 4 is 39.2 Å². The van der Waals surface area contributed by atoms with Crippen LogP contribution in [0.3, 0.4) is 0 Å². The normalized spacial score (nSPS) is 11.5. The second-order valence-electron chi connectivity index (χ2n) is 2.21. The van der Waals surface area contributed by atoms with E-state index in [2.05, 4.69) is 24.1 Å². The highest BCUT2D eigenvalue weighted by atomic mass is 35.5. The Hall–Kier alpha value is -1.25. The van der Waals surface area contributed by atoms with E-state index in [1.807, 2.05) is 0 Å². The predicted octanol–water partition coefficient (Wildman–Crippen LogP) is 0.210. The van der Waals surface area contributed by atoms with Gasteiger partial charge in [-0.1, -0.05) is 5.16 Å². The van der Waals surface area contributed by atoms with E-state index in [0.717, 1.165) is 11.5 Å². The predicted molar refractivity (Wildman–Crippen MR) is 54.7 cm³/mol. The number of nitrogens with zero attached hydrogens (tertiary/aromatic N) is 3. The van der Waals surface area contributed by atoms with Gasteiger partial charge in [0.1, 0.15) is 0 Å². The number of halogens is 1. The topological polar surface area (TPSA) is 99.7 Å². The van der Waals surface area contributed by atoms with Crippen LogP contribution in [0.1, 0.15) is 5.82 Å². The molecule has 0 spiro atoms. The minimum absolute atomic E-state index is 0.0357. The first-order valence-corrected chi connectivity index (χ1v) is 4.78. The summed E-state index contributed by atoms with van der Waals surface area (Å²) in [4.78, 5) is 19.3. The van der Waals surface area contributed by atoms with Gasteiger partial charge in [-0.25, -0.2) is 0 Å². The maximum atomic E-state index is 10.9. The second-order valence-corrected chi connectivity index (χ2v) is 3.33. The molecule has 15 heavy (non-hydrogen) atoms. The summed E-state index contributed by atoms with van der Waals surface area (Å²) in [5.74, 6) is 0.0357. The summed E-state index contributed by atoms with van der Waals surface area (Å²) in [6, 6.07) is 0. The lowest BCUT2D eigenvalue weighted by Gasteiger charge is -1.97. The molecular formula is C6H7ClN4O3S. The molecule has 0 atom stereocenters. The van der Waals surface area contributed by atoms with E-state index in [-0.39, 0.29) is 23.5 Å². The smallest absolute Gasteiger partial charge is 0.278 e. The van der Waals surface area contributed by atoms with Gasteiger partial charge in [-0.05, 0) is 11.6 Å². The van der Waals surface area contributed by atoms with Crippen LogP contribution < -0.4 is 5.73 Å². The molecule has 0 saturated carbocycles. The molecule has 0 amide bonds. The molecule has 0 fully saturated rings. The Morgan fingerprint density at radius 3 is 2.93 bits per heavy atom. The highest BCUT2D eigenvalue weighted by Crippen LogP contribution is 2.08. The fourth-order valence-electron chi connectivity index (χ4n) is 0.640. The van der Waals surface area contributed by atoms with Crippen molar-refractivity contribution < 1.29 is 14.4 Å². The summed E-state index contributed by atoms with van der Waals surface area (Å²) in [5.41, 5.74) is 5.13. The molecule has 0 aromatic carbocycles. The molecule has 0 radical (unpaired) electrons. The fraction of sp³-hybridized carbons (Fsp3) is 0.333. The molecule has 1 aromatic rings. The zero-order valence-electron chi connectivity index (χ0n) is 7.64. The first-order chi connectivity index (χ1) is 7.15. The largest absolute Gasteiger partial charge is 0.374 e. The highest BCUT2D eigenvalue weighted by molar-refractivity contribution is 7.09. The van der Waals surface area contributed by atoms with Crippen molar-refractivity contribution in [2.75, 3.05) is 19.6 Å². The molecular weight excluding hydrogens is 244 g/mol. The first kappa shape index (κ1) is 11.8. The van der Waals surface area contributed by atoms with Crippen molar-refractivity contribution in [2.24, 2.45) is 5.16 Å². The van der Waals surface area contributed by atoms with E-state index in [0.29, 0.717) is 0 Å². The molecule has 0 saturated heterocycles. The molecule has 0 aliphatic carbocycles. The monoisotopic (exact) mass is 250 g/mol. The van der Waals surface area contributed by atoms with Crippen molar-refractivity contribution in [3.63, 3.8) is 0 Å². The third kappa shape index (κ3) is 3.42. The first-order valence-electron chi connectivity index (χ1n) is 3.63. The minimum Gasteiger partial charge on any atom is -0.374 e. The van der Waals surface area contributed by atoms with Gasteiger partial charge < -0.3 is 15.3 Å².